The lowest BCUT2D eigenvalue weighted by molar-refractivity contribution is -0.110. The zero-order valence-corrected chi connectivity index (χ0v) is 12.2. The third-order valence-electron chi connectivity index (χ3n) is 3.52. The highest BCUT2D eigenvalue weighted by Gasteiger charge is 2.24. The van der Waals surface area contributed by atoms with Gasteiger partial charge in [-0.05, 0) is 42.5 Å². The van der Waals surface area contributed by atoms with Crippen molar-refractivity contribution in [1.29, 1.82) is 0 Å². The Morgan fingerprint density at radius 1 is 1.09 bits per heavy atom. The van der Waals surface area contributed by atoms with Gasteiger partial charge in [0.15, 0.2) is 0 Å². The fourth-order valence-corrected chi connectivity index (χ4v) is 2.43. The Bertz CT molecular complexity index is 780. The van der Waals surface area contributed by atoms with Crippen LogP contribution in [0.3, 0.4) is 0 Å². The maximum absolute atomic E-state index is 12.2. The summed E-state index contributed by atoms with van der Waals surface area (Å²) in [5.74, 6) is 1.20. The van der Waals surface area contributed by atoms with Crippen LogP contribution in [0.25, 0.3) is 11.6 Å². The number of ether oxygens (including phenoxy) is 2. The van der Waals surface area contributed by atoms with E-state index >= 15 is 0 Å². The van der Waals surface area contributed by atoms with Crippen molar-refractivity contribution >= 4 is 23.2 Å². The Morgan fingerprint density at radius 3 is 2.64 bits per heavy atom. The number of benzene rings is 2. The van der Waals surface area contributed by atoms with Crippen LogP contribution in [0, 0.1) is 0 Å². The molecule has 1 heterocycles. The molecule has 3 rings (SSSR count). The minimum absolute atomic E-state index is 0.110. The van der Waals surface area contributed by atoms with Crippen LogP contribution in [-0.4, -0.2) is 25.2 Å². The van der Waals surface area contributed by atoms with Gasteiger partial charge < -0.3 is 19.9 Å². The number of amides is 1. The van der Waals surface area contributed by atoms with E-state index in [-0.39, 0.29) is 11.7 Å². The molecule has 0 aromatic heterocycles. The molecule has 0 atom stereocenters. The number of carbonyl (C=O) groups excluding carboxylic acids is 1. The molecular formula is C17H15NO4. The summed E-state index contributed by atoms with van der Waals surface area (Å²) in [4.78, 5) is 12.2. The number of fused-ring (bicyclic) bond motifs is 1. The van der Waals surface area contributed by atoms with Crippen molar-refractivity contribution in [3.8, 4) is 17.2 Å². The Labute approximate surface area is 127 Å². The highest BCUT2D eigenvalue weighted by atomic mass is 16.5. The molecule has 1 aliphatic rings. The highest BCUT2D eigenvalue weighted by Crippen LogP contribution is 2.37. The Kier molecular flexibility index (Phi) is 3.47. The van der Waals surface area contributed by atoms with Crippen LogP contribution in [0.15, 0.2) is 36.4 Å². The van der Waals surface area contributed by atoms with Crippen molar-refractivity contribution in [2.24, 2.45) is 0 Å². The molecular weight excluding hydrogens is 282 g/mol. The maximum Gasteiger partial charge on any atom is 0.256 e. The van der Waals surface area contributed by atoms with Gasteiger partial charge in [0.2, 0.25) is 0 Å². The summed E-state index contributed by atoms with van der Waals surface area (Å²) in [5, 5.41) is 12.4. The lowest BCUT2D eigenvalue weighted by Gasteiger charge is -2.08. The third kappa shape index (κ3) is 2.37. The first-order valence-electron chi connectivity index (χ1n) is 6.71. The molecule has 112 valence electrons. The Morgan fingerprint density at radius 2 is 1.91 bits per heavy atom. The molecule has 0 radical (unpaired) electrons. The summed E-state index contributed by atoms with van der Waals surface area (Å²) in [6, 6.07) is 10.1. The fourth-order valence-electron chi connectivity index (χ4n) is 2.43. The van der Waals surface area contributed by atoms with E-state index in [0.29, 0.717) is 28.3 Å². The first-order valence-corrected chi connectivity index (χ1v) is 6.71. The summed E-state index contributed by atoms with van der Waals surface area (Å²) in [7, 11) is 3.15. The van der Waals surface area contributed by atoms with Gasteiger partial charge in [0.25, 0.3) is 5.91 Å². The zero-order chi connectivity index (χ0) is 15.7. The lowest BCUT2D eigenvalue weighted by atomic mass is 10.0. The molecule has 0 spiro atoms. The van der Waals surface area contributed by atoms with Crippen molar-refractivity contribution in [2.45, 2.75) is 0 Å². The molecule has 2 aromatic carbocycles. The molecule has 2 N–H and O–H groups in total. The van der Waals surface area contributed by atoms with E-state index in [1.807, 2.05) is 0 Å². The second-order valence-electron chi connectivity index (χ2n) is 4.85. The quantitative estimate of drug-likeness (QED) is 0.675. The number of carbonyl (C=O) groups is 1. The van der Waals surface area contributed by atoms with Crippen LogP contribution in [0.1, 0.15) is 11.1 Å². The summed E-state index contributed by atoms with van der Waals surface area (Å²) in [6.07, 6.45) is 1.72. The largest absolute Gasteiger partial charge is 0.508 e. The molecule has 0 bridgehead atoms. The van der Waals surface area contributed by atoms with Crippen LogP contribution in [-0.2, 0) is 4.79 Å². The third-order valence-corrected chi connectivity index (χ3v) is 3.52. The predicted molar refractivity (Wildman–Crippen MR) is 84.2 cm³/mol. The second-order valence-corrected chi connectivity index (χ2v) is 4.85. The molecule has 5 heteroatoms. The molecule has 0 saturated heterocycles. The van der Waals surface area contributed by atoms with E-state index in [1.54, 1.807) is 50.6 Å². The molecule has 2 aromatic rings. The van der Waals surface area contributed by atoms with Gasteiger partial charge >= 0.3 is 0 Å². The van der Waals surface area contributed by atoms with E-state index in [2.05, 4.69) is 5.32 Å². The first kappa shape index (κ1) is 14.0. The number of hydrogen-bond donors (Lipinski definition) is 2. The number of nitrogens with one attached hydrogen (secondary N) is 1. The van der Waals surface area contributed by atoms with Crippen LogP contribution in [0.5, 0.6) is 17.2 Å². The van der Waals surface area contributed by atoms with Gasteiger partial charge in [0.1, 0.15) is 17.2 Å². The van der Waals surface area contributed by atoms with Gasteiger partial charge in [-0.2, -0.15) is 0 Å². The van der Waals surface area contributed by atoms with E-state index in [0.717, 1.165) is 5.56 Å². The fraction of sp³-hybridized carbons (Fsp3) is 0.118. The minimum Gasteiger partial charge on any atom is -0.508 e. The van der Waals surface area contributed by atoms with E-state index in [4.69, 9.17) is 9.47 Å². The molecule has 0 fully saturated rings. The monoisotopic (exact) mass is 297 g/mol. The van der Waals surface area contributed by atoms with E-state index in [9.17, 15) is 9.90 Å². The Hall–Kier alpha value is -2.95. The number of rotatable bonds is 3. The van der Waals surface area contributed by atoms with Crippen LogP contribution in [0.4, 0.5) is 5.69 Å². The molecule has 1 amide bonds. The summed E-state index contributed by atoms with van der Waals surface area (Å²) in [6.45, 7) is 0. The number of aromatic hydroxyl groups is 1. The van der Waals surface area contributed by atoms with Gasteiger partial charge in [0, 0.05) is 22.4 Å². The topological polar surface area (TPSA) is 67.8 Å². The average Bonchev–Trinajstić information content (AvgIpc) is 2.83. The minimum atomic E-state index is -0.217. The lowest BCUT2D eigenvalue weighted by Crippen LogP contribution is -2.03. The van der Waals surface area contributed by atoms with Gasteiger partial charge in [0.05, 0.1) is 14.2 Å². The van der Waals surface area contributed by atoms with E-state index in [1.165, 1.54) is 6.07 Å². The average molecular weight is 297 g/mol. The van der Waals surface area contributed by atoms with Crippen LogP contribution in [0.2, 0.25) is 0 Å². The van der Waals surface area contributed by atoms with Crippen molar-refractivity contribution in [3.63, 3.8) is 0 Å². The van der Waals surface area contributed by atoms with Crippen LogP contribution < -0.4 is 14.8 Å². The molecule has 1 aliphatic heterocycles. The molecule has 0 unspecified atom stereocenters. The molecule has 0 saturated carbocycles. The molecule has 0 aliphatic carbocycles. The van der Waals surface area contributed by atoms with Gasteiger partial charge in [-0.25, -0.2) is 0 Å². The zero-order valence-electron chi connectivity index (χ0n) is 12.2. The van der Waals surface area contributed by atoms with Crippen molar-refractivity contribution in [2.75, 3.05) is 19.5 Å². The molecule has 5 nitrogen and oxygen atoms in total. The number of anilines is 1. The summed E-state index contributed by atoms with van der Waals surface area (Å²) < 4.78 is 10.5. The van der Waals surface area contributed by atoms with Gasteiger partial charge in [-0.15, -0.1) is 0 Å². The predicted octanol–water partition coefficient (Wildman–Crippen LogP) is 2.90. The number of hydrogen-bond acceptors (Lipinski definition) is 4. The SMILES string of the molecule is COc1ccc(OC)c(/C=C2/C(=O)Nc3ccc(O)cc32)c1. The number of methoxy groups -OCH3 is 2. The van der Waals surface area contributed by atoms with Gasteiger partial charge in [-0.1, -0.05) is 0 Å². The van der Waals surface area contributed by atoms with Crippen molar-refractivity contribution in [1.82, 2.24) is 0 Å². The summed E-state index contributed by atoms with van der Waals surface area (Å²) >= 11 is 0. The standard InChI is InChI=1S/C17H15NO4/c1-21-12-4-6-16(22-2)10(7-12)8-14-13-9-11(19)3-5-15(13)18-17(14)20/h3-9,19H,1-2H3,(H,18,20)/b14-8+. The smallest absolute Gasteiger partial charge is 0.256 e. The second kappa shape index (κ2) is 5.44. The van der Waals surface area contributed by atoms with Crippen LogP contribution >= 0.6 is 0 Å². The van der Waals surface area contributed by atoms with Gasteiger partial charge in [-0.3, -0.25) is 4.79 Å². The number of phenols is 1. The highest BCUT2D eigenvalue weighted by molar-refractivity contribution is 6.35. The van der Waals surface area contributed by atoms with E-state index < -0.39 is 0 Å². The normalized spacial score (nSPS) is 14.6. The summed E-state index contributed by atoms with van der Waals surface area (Å²) in [5.41, 5.74) is 2.53. The van der Waals surface area contributed by atoms with Crippen molar-refractivity contribution in [3.05, 3.63) is 47.5 Å². The van der Waals surface area contributed by atoms with Crippen molar-refractivity contribution < 1.29 is 19.4 Å². The number of phenolic OH excluding ortho intramolecular Hbond substituents is 1. The first-order chi connectivity index (χ1) is 10.6. The Balaban J connectivity index is 2.13. The molecule has 22 heavy (non-hydrogen) atoms. The maximum atomic E-state index is 12.2.